The van der Waals surface area contributed by atoms with Crippen LogP contribution >= 0.6 is 0 Å². The summed E-state index contributed by atoms with van der Waals surface area (Å²) < 4.78 is 12.3. The predicted octanol–water partition coefficient (Wildman–Crippen LogP) is 1.00. The first-order valence-corrected chi connectivity index (χ1v) is 2.85. The lowest BCUT2D eigenvalue weighted by Crippen LogP contribution is -2.24. The second-order valence-corrected chi connectivity index (χ2v) is 2.16. The Labute approximate surface area is 48.4 Å². The molecule has 1 rings (SSSR count). The van der Waals surface area contributed by atoms with Gasteiger partial charge in [-0.05, 0) is 12.8 Å². The number of hydrogen-bond donors (Lipinski definition) is 1. The first-order valence-electron chi connectivity index (χ1n) is 2.85. The molecule has 2 atom stereocenters. The number of nitrogens with two attached hydrogens (primary N) is 1. The van der Waals surface area contributed by atoms with Crippen LogP contribution in [0.3, 0.4) is 0 Å². The Kier molecular flexibility index (Phi) is 1.63. The second kappa shape index (κ2) is 2.27. The van der Waals surface area contributed by atoms with Gasteiger partial charge in [-0.1, -0.05) is 12.2 Å². The third kappa shape index (κ3) is 1.30. The van der Waals surface area contributed by atoms with E-state index in [0.29, 0.717) is 12.8 Å². The van der Waals surface area contributed by atoms with Crippen LogP contribution in [-0.4, -0.2) is 12.2 Å². The molecule has 1 aliphatic rings. The van der Waals surface area contributed by atoms with E-state index in [2.05, 4.69) is 0 Å². The summed E-state index contributed by atoms with van der Waals surface area (Å²) in [5, 5.41) is 0. The number of allylic oxidation sites excluding steroid dienone is 1. The zero-order valence-electron chi connectivity index (χ0n) is 4.68. The van der Waals surface area contributed by atoms with Crippen LogP contribution < -0.4 is 5.73 Å². The molecule has 0 amide bonds. The van der Waals surface area contributed by atoms with E-state index in [1.54, 1.807) is 6.08 Å². The molecule has 2 heteroatoms. The average Bonchev–Trinajstić information content (AvgIpc) is 1.64. The van der Waals surface area contributed by atoms with E-state index in [-0.39, 0.29) is 6.04 Å². The van der Waals surface area contributed by atoms with E-state index >= 15 is 0 Å². The largest absolute Gasteiger partial charge is 0.324 e. The minimum atomic E-state index is -0.699. The van der Waals surface area contributed by atoms with Gasteiger partial charge in [-0.15, -0.1) is 0 Å². The van der Waals surface area contributed by atoms with Crippen molar-refractivity contribution in [2.24, 2.45) is 5.73 Å². The first kappa shape index (κ1) is 5.76. The standard InChI is InChI=1S/C6H10FN/c7-5-2-1-3-6(8)4-5/h1,3,5-6H,2,4,8H2. The average molecular weight is 115 g/mol. The third-order valence-electron chi connectivity index (χ3n) is 1.30. The lowest BCUT2D eigenvalue weighted by atomic mass is 10.0. The lowest BCUT2D eigenvalue weighted by molar-refractivity contribution is 0.299. The summed E-state index contributed by atoms with van der Waals surface area (Å²) in [6.07, 6.45) is 4.01. The van der Waals surface area contributed by atoms with Gasteiger partial charge in [0.05, 0.1) is 0 Å². The second-order valence-electron chi connectivity index (χ2n) is 2.16. The molecule has 0 fully saturated rings. The number of rotatable bonds is 0. The molecule has 0 bridgehead atoms. The van der Waals surface area contributed by atoms with E-state index in [0.717, 1.165) is 0 Å². The molecule has 2 N–H and O–H groups in total. The van der Waals surface area contributed by atoms with Crippen LogP contribution in [0.2, 0.25) is 0 Å². The summed E-state index contributed by atoms with van der Waals surface area (Å²) in [5.74, 6) is 0. The van der Waals surface area contributed by atoms with Crippen LogP contribution in [0.4, 0.5) is 4.39 Å². The Balaban J connectivity index is 2.42. The maximum Gasteiger partial charge on any atom is 0.105 e. The van der Waals surface area contributed by atoms with Gasteiger partial charge in [-0.25, -0.2) is 4.39 Å². The molecule has 0 radical (unpaired) electrons. The smallest absolute Gasteiger partial charge is 0.105 e. The maximum atomic E-state index is 12.3. The minimum absolute atomic E-state index is 0.0428. The van der Waals surface area contributed by atoms with Crippen molar-refractivity contribution in [3.63, 3.8) is 0 Å². The van der Waals surface area contributed by atoms with Crippen molar-refractivity contribution < 1.29 is 4.39 Å². The van der Waals surface area contributed by atoms with Gasteiger partial charge < -0.3 is 5.73 Å². The summed E-state index contributed by atoms with van der Waals surface area (Å²) in [4.78, 5) is 0. The van der Waals surface area contributed by atoms with Crippen LogP contribution in [0.25, 0.3) is 0 Å². The van der Waals surface area contributed by atoms with Gasteiger partial charge in [-0.3, -0.25) is 0 Å². The van der Waals surface area contributed by atoms with E-state index in [1.807, 2.05) is 6.08 Å². The fourth-order valence-electron chi connectivity index (χ4n) is 0.871. The Morgan fingerprint density at radius 1 is 1.62 bits per heavy atom. The molecule has 0 saturated heterocycles. The molecule has 0 spiro atoms. The van der Waals surface area contributed by atoms with Crippen molar-refractivity contribution in [3.8, 4) is 0 Å². The SMILES string of the molecule is NC1C=CCC(F)C1. The molecule has 1 aliphatic carbocycles. The van der Waals surface area contributed by atoms with Crippen molar-refractivity contribution in [2.75, 3.05) is 0 Å². The normalized spacial score (nSPS) is 37.8. The molecule has 0 aliphatic heterocycles. The molecular weight excluding hydrogens is 105 g/mol. The topological polar surface area (TPSA) is 26.0 Å². The van der Waals surface area contributed by atoms with Gasteiger partial charge in [0.2, 0.25) is 0 Å². The van der Waals surface area contributed by atoms with Crippen LogP contribution in [0.1, 0.15) is 12.8 Å². The molecule has 0 saturated carbocycles. The summed E-state index contributed by atoms with van der Waals surface area (Å²) in [5.41, 5.74) is 5.40. The third-order valence-corrected chi connectivity index (χ3v) is 1.30. The van der Waals surface area contributed by atoms with E-state index in [4.69, 9.17) is 5.73 Å². The van der Waals surface area contributed by atoms with Gasteiger partial charge >= 0.3 is 0 Å². The monoisotopic (exact) mass is 115 g/mol. The van der Waals surface area contributed by atoms with Crippen LogP contribution in [0.15, 0.2) is 12.2 Å². The number of hydrogen-bond acceptors (Lipinski definition) is 1. The molecule has 2 unspecified atom stereocenters. The number of alkyl halides is 1. The highest BCUT2D eigenvalue weighted by molar-refractivity contribution is 4.98. The fraction of sp³-hybridized carbons (Fsp3) is 0.667. The summed E-state index contributed by atoms with van der Waals surface area (Å²) in [6, 6.07) is -0.0428. The zero-order valence-corrected chi connectivity index (χ0v) is 4.68. The number of halogens is 1. The molecule has 0 heterocycles. The van der Waals surface area contributed by atoms with Gasteiger partial charge in [0, 0.05) is 6.04 Å². The Hall–Kier alpha value is -0.370. The van der Waals surface area contributed by atoms with Crippen molar-refractivity contribution in [3.05, 3.63) is 12.2 Å². The van der Waals surface area contributed by atoms with Gasteiger partial charge in [0.25, 0.3) is 0 Å². The first-order chi connectivity index (χ1) is 3.79. The quantitative estimate of drug-likeness (QED) is 0.468. The van der Waals surface area contributed by atoms with Gasteiger partial charge in [-0.2, -0.15) is 0 Å². The van der Waals surface area contributed by atoms with Crippen molar-refractivity contribution in [1.29, 1.82) is 0 Å². The Bertz CT molecular complexity index is 101. The molecule has 1 nitrogen and oxygen atoms in total. The molecule has 0 aromatic rings. The molecule has 0 aromatic heterocycles. The molecular formula is C6H10FN. The maximum absolute atomic E-state index is 12.3. The zero-order chi connectivity index (χ0) is 5.98. The molecule has 46 valence electrons. The highest BCUT2D eigenvalue weighted by Gasteiger charge is 2.12. The molecule has 0 aromatic carbocycles. The van der Waals surface area contributed by atoms with Crippen molar-refractivity contribution in [2.45, 2.75) is 25.1 Å². The Morgan fingerprint density at radius 2 is 2.38 bits per heavy atom. The van der Waals surface area contributed by atoms with Gasteiger partial charge in [0.15, 0.2) is 0 Å². The van der Waals surface area contributed by atoms with E-state index < -0.39 is 6.17 Å². The van der Waals surface area contributed by atoms with Crippen molar-refractivity contribution in [1.82, 2.24) is 0 Å². The summed E-state index contributed by atoms with van der Waals surface area (Å²) in [6.45, 7) is 0. The Morgan fingerprint density at radius 3 is 2.75 bits per heavy atom. The lowest BCUT2D eigenvalue weighted by Gasteiger charge is -2.13. The molecule has 8 heavy (non-hydrogen) atoms. The van der Waals surface area contributed by atoms with Crippen molar-refractivity contribution >= 4 is 0 Å². The predicted molar refractivity (Wildman–Crippen MR) is 31.2 cm³/mol. The minimum Gasteiger partial charge on any atom is -0.324 e. The summed E-state index contributed by atoms with van der Waals surface area (Å²) >= 11 is 0. The van der Waals surface area contributed by atoms with Crippen LogP contribution in [0.5, 0.6) is 0 Å². The summed E-state index contributed by atoms with van der Waals surface area (Å²) in [7, 11) is 0. The highest BCUT2D eigenvalue weighted by Crippen LogP contribution is 2.12. The fourth-order valence-corrected chi connectivity index (χ4v) is 0.871. The van der Waals surface area contributed by atoms with E-state index in [1.165, 1.54) is 0 Å². The van der Waals surface area contributed by atoms with Crippen LogP contribution in [-0.2, 0) is 0 Å². The van der Waals surface area contributed by atoms with Gasteiger partial charge in [0.1, 0.15) is 6.17 Å². The van der Waals surface area contributed by atoms with E-state index in [9.17, 15) is 4.39 Å². The highest BCUT2D eigenvalue weighted by atomic mass is 19.1. The van der Waals surface area contributed by atoms with Crippen LogP contribution in [0, 0.1) is 0 Å².